The topological polar surface area (TPSA) is 80.3 Å². The summed E-state index contributed by atoms with van der Waals surface area (Å²) in [5.74, 6) is 0.840. The average molecular weight is 517 g/mol. The highest BCUT2D eigenvalue weighted by Gasteiger charge is 2.11. The second-order valence-corrected chi connectivity index (χ2v) is 8.57. The van der Waals surface area contributed by atoms with Gasteiger partial charge in [0.1, 0.15) is 37.1 Å². The Balaban J connectivity index is 1.80. The zero-order chi connectivity index (χ0) is 27.5. The number of ether oxygens (including phenoxy) is 5. The number of rotatable bonds is 13. The van der Waals surface area contributed by atoms with E-state index in [4.69, 9.17) is 23.7 Å². The van der Waals surface area contributed by atoms with E-state index >= 15 is 0 Å². The minimum Gasteiger partial charge on any atom is -0.491 e. The second-order valence-electron chi connectivity index (χ2n) is 8.57. The van der Waals surface area contributed by atoms with Crippen LogP contribution in [0.2, 0.25) is 0 Å². The van der Waals surface area contributed by atoms with Gasteiger partial charge in [-0.3, -0.25) is 0 Å². The molecular formula is C31H32O7. The fourth-order valence-corrected chi connectivity index (χ4v) is 3.33. The van der Waals surface area contributed by atoms with Gasteiger partial charge in [0.25, 0.3) is 0 Å². The molecule has 0 spiro atoms. The molecule has 198 valence electrons. The maximum atomic E-state index is 12.2. The summed E-state index contributed by atoms with van der Waals surface area (Å²) in [4.78, 5) is 23.7. The number of benzene rings is 3. The monoisotopic (exact) mass is 516 g/mol. The predicted octanol–water partition coefficient (Wildman–Crippen LogP) is 6.03. The van der Waals surface area contributed by atoms with Gasteiger partial charge in [-0.15, -0.1) is 0 Å². The summed E-state index contributed by atoms with van der Waals surface area (Å²) >= 11 is 0. The maximum Gasteiger partial charge on any atom is 0.338 e. The number of hydrogen-bond acceptors (Lipinski definition) is 7. The fourth-order valence-electron chi connectivity index (χ4n) is 3.33. The zero-order valence-corrected chi connectivity index (χ0v) is 22.0. The molecule has 0 amide bonds. The maximum absolute atomic E-state index is 12.2. The van der Waals surface area contributed by atoms with E-state index in [1.54, 1.807) is 27.0 Å². The van der Waals surface area contributed by atoms with E-state index in [-0.39, 0.29) is 13.2 Å². The minimum absolute atomic E-state index is 0.128. The molecule has 0 heterocycles. The van der Waals surface area contributed by atoms with Gasteiger partial charge in [0.15, 0.2) is 0 Å². The van der Waals surface area contributed by atoms with Crippen molar-refractivity contribution in [3.63, 3.8) is 0 Å². The van der Waals surface area contributed by atoms with Crippen LogP contribution in [-0.4, -0.2) is 45.5 Å². The fraction of sp³-hybridized carbons (Fsp3) is 0.226. The Bertz CT molecular complexity index is 1270. The lowest BCUT2D eigenvalue weighted by atomic mass is 9.98. The summed E-state index contributed by atoms with van der Waals surface area (Å²) in [5.41, 5.74) is 4.22. The molecule has 0 bridgehead atoms. The van der Waals surface area contributed by atoms with Crippen LogP contribution >= 0.6 is 0 Å². The van der Waals surface area contributed by atoms with Gasteiger partial charge in [-0.2, -0.15) is 0 Å². The van der Waals surface area contributed by atoms with Crippen molar-refractivity contribution in [2.24, 2.45) is 0 Å². The molecule has 7 nitrogen and oxygen atoms in total. The normalized spacial score (nSPS) is 10.4. The van der Waals surface area contributed by atoms with Crippen molar-refractivity contribution in [2.75, 3.05) is 33.5 Å². The quantitative estimate of drug-likeness (QED) is 0.119. The van der Waals surface area contributed by atoms with Gasteiger partial charge in [-0.05, 0) is 78.6 Å². The van der Waals surface area contributed by atoms with Gasteiger partial charge in [0.2, 0.25) is 0 Å². The second kappa shape index (κ2) is 13.8. The van der Waals surface area contributed by atoms with Crippen molar-refractivity contribution in [3.8, 4) is 39.5 Å². The summed E-state index contributed by atoms with van der Waals surface area (Å²) < 4.78 is 26.9. The number of carbonyl (C=O) groups excluding carboxylic acids is 2. The third kappa shape index (κ3) is 8.35. The van der Waals surface area contributed by atoms with Gasteiger partial charge in [0, 0.05) is 18.3 Å². The lowest BCUT2D eigenvalue weighted by Crippen LogP contribution is -2.12. The van der Waals surface area contributed by atoms with Crippen LogP contribution in [0, 0.1) is 0 Å². The van der Waals surface area contributed by atoms with E-state index in [0.717, 1.165) is 28.0 Å². The largest absolute Gasteiger partial charge is 0.491 e. The molecule has 0 aliphatic heterocycles. The Morgan fingerprint density at radius 1 is 0.605 bits per heavy atom. The first-order valence-electron chi connectivity index (χ1n) is 12.1. The number of methoxy groups -OCH3 is 1. The lowest BCUT2D eigenvalue weighted by molar-refractivity contribution is -0.139. The molecule has 0 aromatic heterocycles. The Labute approximate surface area is 223 Å². The van der Waals surface area contributed by atoms with Crippen molar-refractivity contribution in [2.45, 2.75) is 13.8 Å². The molecular weight excluding hydrogens is 484 g/mol. The van der Waals surface area contributed by atoms with E-state index in [0.29, 0.717) is 35.9 Å². The molecule has 0 N–H and O–H groups in total. The van der Waals surface area contributed by atoms with E-state index in [1.807, 2.05) is 60.7 Å². The first-order valence-corrected chi connectivity index (χ1v) is 12.1. The third-order valence-electron chi connectivity index (χ3n) is 5.33. The molecule has 0 aliphatic carbocycles. The Hall–Kier alpha value is -4.36. The van der Waals surface area contributed by atoms with Gasteiger partial charge in [-0.1, -0.05) is 37.4 Å². The molecule has 7 heteroatoms. The first kappa shape index (κ1) is 28.2. The molecule has 3 aromatic rings. The van der Waals surface area contributed by atoms with Gasteiger partial charge in [-0.25, -0.2) is 9.59 Å². The summed E-state index contributed by atoms with van der Waals surface area (Å²) in [6.45, 7) is 11.7. The first-order chi connectivity index (χ1) is 18.3. The van der Waals surface area contributed by atoms with E-state index < -0.39 is 11.9 Å². The van der Waals surface area contributed by atoms with Crippen LogP contribution in [0.4, 0.5) is 0 Å². The van der Waals surface area contributed by atoms with E-state index in [1.165, 1.54) is 0 Å². The van der Waals surface area contributed by atoms with Crippen molar-refractivity contribution >= 4 is 11.9 Å². The molecule has 0 saturated heterocycles. The molecule has 0 radical (unpaired) electrons. The molecule has 0 fully saturated rings. The summed E-state index contributed by atoms with van der Waals surface area (Å²) in [6, 6.07) is 20.8. The Kier molecular flexibility index (Phi) is 10.3. The van der Waals surface area contributed by atoms with E-state index in [9.17, 15) is 9.59 Å². The highest BCUT2D eigenvalue weighted by molar-refractivity contribution is 5.89. The lowest BCUT2D eigenvalue weighted by Gasteiger charge is -2.13. The van der Waals surface area contributed by atoms with Crippen molar-refractivity contribution < 1.29 is 33.3 Å². The predicted molar refractivity (Wildman–Crippen MR) is 146 cm³/mol. The molecule has 0 unspecified atom stereocenters. The number of esters is 2. The number of hydrogen-bond donors (Lipinski definition) is 0. The van der Waals surface area contributed by atoms with Crippen LogP contribution in [0.25, 0.3) is 22.3 Å². The Morgan fingerprint density at radius 2 is 1.08 bits per heavy atom. The van der Waals surface area contributed by atoms with Crippen LogP contribution in [-0.2, 0) is 19.1 Å². The summed E-state index contributed by atoms with van der Waals surface area (Å²) in [5, 5.41) is 0. The van der Waals surface area contributed by atoms with Crippen molar-refractivity contribution in [1.82, 2.24) is 0 Å². The van der Waals surface area contributed by atoms with Gasteiger partial charge < -0.3 is 23.7 Å². The van der Waals surface area contributed by atoms with Crippen LogP contribution in [0.15, 0.2) is 91.0 Å². The Morgan fingerprint density at radius 3 is 1.53 bits per heavy atom. The molecule has 38 heavy (non-hydrogen) atoms. The van der Waals surface area contributed by atoms with Gasteiger partial charge in [0.05, 0.1) is 6.61 Å². The van der Waals surface area contributed by atoms with Crippen molar-refractivity contribution in [1.29, 1.82) is 0 Å². The SMILES string of the molecule is C=C(C)C(=O)OCCOc1ccc(-c2cc(OC(=O)C(=C)C)cc(-c3ccc(OCCOC)cc3)c2)cc1. The van der Waals surface area contributed by atoms with Crippen molar-refractivity contribution in [3.05, 3.63) is 91.0 Å². The molecule has 0 atom stereocenters. The molecule has 3 rings (SSSR count). The third-order valence-corrected chi connectivity index (χ3v) is 5.33. The average Bonchev–Trinajstić information content (AvgIpc) is 2.91. The summed E-state index contributed by atoms with van der Waals surface area (Å²) in [7, 11) is 1.63. The van der Waals surface area contributed by atoms with Crippen LogP contribution in [0.5, 0.6) is 17.2 Å². The van der Waals surface area contributed by atoms with Crippen LogP contribution in [0.3, 0.4) is 0 Å². The van der Waals surface area contributed by atoms with Crippen LogP contribution < -0.4 is 14.2 Å². The van der Waals surface area contributed by atoms with Crippen LogP contribution in [0.1, 0.15) is 13.8 Å². The summed E-state index contributed by atoms with van der Waals surface area (Å²) in [6.07, 6.45) is 0. The highest BCUT2D eigenvalue weighted by atomic mass is 16.6. The van der Waals surface area contributed by atoms with E-state index in [2.05, 4.69) is 13.2 Å². The standard InChI is InChI=1S/C31H32O7/c1-21(2)30(32)37-17-16-36-28-12-8-24(9-13-28)26-18-25(19-29(20-26)38-31(33)22(3)4)23-6-10-27(11-7-23)35-15-14-34-5/h6-13,18-20H,1,3,14-17H2,2,4-5H3. The zero-order valence-electron chi connectivity index (χ0n) is 22.0. The molecule has 3 aromatic carbocycles. The van der Waals surface area contributed by atoms with Gasteiger partial charge >= 0.3 is 11.9 Å². The molecule has 0 saturated carbocycles. The molecule has 0 aliphatic rings. The minimum atomic E-state index is -0.494. The smallest absolute Gasteiger partial charge is 0.338 e. The highest BCUT2D eigenvalue weighted by Crippen LogP contribution is 2.33. The number of carbonyl (C=O) groups is 2.